The summed E-state index contributed by atoms with van der Waals surface area (Å²) in [6.45, 7) is 16.4. The highest BCUT2D eigenvalue weighted by Gasteiger charge is 2.63. The van der Waals surface area contributed by atoms with E-state index in [4.69, 9.17) is 4.74 Å². The monoisotopic (exact) mass is 474 g/mol. The first kappa shape index (κ1) is 25.5. The summed E-state index contributed by atoms with van der Waals surface area (Å²) in [5.41, 5.74) is -0.884. The maximum absolute atomic E-state index is 13.2. The fraction of sp³-hybridized carbons (Fsp3) is 0.893. The summed E-state index contributed by atoms with van der Waals surface area (Å²) in [7, 11) is 0. The van der Waals surface area contributed by atoms with Crippen LogP contribution >= 0.6 is 0 Å². The molecule has 0 unspecified atom stereocenters. The molecule has 0 radical (unpaired) electrons. The van der Waals surface area contributed by atoms with E-state index in [0.29, 0.717) is 24.2 Å². The third-order valence-corrected chi connectivity index (χ3v) is 9.68. The number of carbonyl (C=O) groups excluding carboxylic acids is 3. The standard InChI is InChI=1S/C28H46N2O4/c1-25(2,3)29-23(32)20-11-10-18-17-9-12-21-28(8,19(17)13-15-27(18,20)7)16-14-22(31)30(21)24(33)34-26(4,5)6/h17-21H,9-16H2,1-8H3,(H,29,32)/t17-,18-,19-,20+,21+,27-,28+/m0/s1. The minimum Gasteiger partial charge on any atom is -0.443 e. The van der Waals surface area contributed by atoms with E-state index in [1.54, 1.807) is 0 Å². The second kappa shape index (κ2) is 8.23. The SMILES string of the molecule is CC(C)(C)NC(=O)[C@H]1CC[C@H]2[C@@H]3CC[C@H]4N(C(=O)OC(C)(C)C)C(=O)CC[C@]4(C)[C@H]3CC[C@]12C. The summed E-state index contributed by atoms with van der Waals surface area (Å²) in [5.74, 6) is 1.78. The highest BCUT2D eigenvalue weighted by Crippen LogP contribution is 2.66. The topological polar surface area (TPSA) is 75.7 Å². The maximum atomic E-state index is 13.2. The summed E-state index contributed by atoms with van der Waals surface area (Å²) in [6.07, 6.45) is 6.82. The predicted molar refractivity (Wildman–Crippen MR) is 132 cm³/mol. The molecule has 3 saturated carbocycles. The Bertz CT molecular complexity index is 855. The van der Waals surface area contributed by atoms with Crippen molar-refractivity contribution in [3.63, 3.8) is 0 Å². The van der Waals surface area contributed by atoms with Gasteiger partial charge in [0.25, 0.3) is 0 Å². The quantitative estimate of drug-likeness (QED) is 0.530. The van der Waals surface area contributed by atoms with Crippen LogP contribution in [-0.4, -0.2) is 40.0 Å². The number of likely N-dealkylation sites (tertiary alicyclic amines) is 1. The van der Waals surface area contributed by atoms with Crippen LogP contribution in [0.1, 0.15) is 107 Å². The molecule has 1 heterocycles. The van der Waals surface area contributed by atoms with Crippen LogP contribution in [0, 0.1) is 34.5 Å². The van der Waals surface area contributed by atoms with E-state index in [1.807, 2.05) is 20.8 Å². The lowest BCUT2D eigenvalue weighted by Crippen LogP contribution is -2.64. The summed E-state index contributed by atoms with van der Waals surface area (Å²) in [4.78, 5) is 40.7. The van der Waals surface area contributed by atoms with Gasteiger partial charge in [-0.05, 0) is 115 Å². The van der Waals surface area contributed by atoms with Gasteiger partial charge in [0.05, 0.1) is 0 Å². The van der Waals surface area contributed by atoms with Crippen molar-refractivity contribution in [2.24, 2.45) is 34.5 Å². The van der Waals surface area contributed by atoms with E-state index in [0.717, 1.165) is 44.9 Å². The fourth-order valence-corrected chi connectivity index (χ4v) is 8.31. The Balaban J connectivity index is 1.57. The van der Waals surface area contributed by atoms with Crippen LogP contribution in [0.4, 0.5) is 4.79 Å². The van der Waals surface area contributed by atoms with Crippen molar-refractivity contribution in [3.05, 3.63) is 0 Å². The molecule has 0 bridgehead atoms. The van der Waals surface area contributed by atoms with E-state index in [-0.39, 0.29) is 40.1 Å². The van der Waals surface area contributed by atoms with Crippen molar-refractivity contribution in [1.29, 1.82) is 0 Å². The average molecular weight is 475 g/mol. The van der Waals surface area contributed by atoms with Gasteiger partial charge >= 0.3 is 6.09 Å². The van der Waals surface area contributed by atoms with Crippen molar-refractivity contribution >= 4 is 17.9 Å². The van der Waals surface area contributed by atoms with Gasteiger partial charge in [-0.2, -0.15) is 0 Å². The van der Waals surface area contributed by atoms with Crippen LogP contribution < -0.4 is 5.32 Å². The van der Waals surface area contributed by atoms with E-state index >= 15 is 0 Å². The Hall–Kier alpha value is -1.59. The Morgan fingerprint density at radius 2 is 1.56 bits per heavy atom. The van der Waals surface area contributed by atoms with Gasteiger partial charge in [0, 0.05) is 23.9 Å². The Morgan fingerprint density at radius 1 is 0.912 bits per heavy atom. The van der Waals surface area contributed by atoms with Gasteiger partial charge in [0.1, 0.15) is 5.60 Å². The first-order chi connectivity index (χ1) is 15.6. The minimum absolute atomic E-state index is 0.0367. The van der Waals surface area contributed by atoms with Gasteiger partial charge in [-0.1, -0.05) is 13.8 Å². The molecule has 0 aromatic carbocycles. The zero-order valence-electron chi connectivity index (χ0n) is 22.6. The zero-order valence-corrected chi connectivity index (χ0v) is 22.6. The largest absolute Gasteiger partial charge is 0.443 e. The van der Waals surface area contributed by atoms with Gasteiger partial charge in [0.15, 0.2) is 0 Å². The van der Waals surface area contributed by atoms with E-state index in [2.05, 4.69) is 39.9 Å². The van der Waals surface area contributed by atoms with Crippen LogP contribution in [0.25, 0.3) is 0 Å². The number of imide groups is 1. The third kappa shape index (κ3) is 4.28. The second-order valence-electron chi connectivity index (χ2n) is 14.1. The van der Waals surface area contributed by atoms with Crippen LogP contribution in [0.15, 0.2) is 0 Å². The molecular weight excluding hydrogens is 428 g/mol. The molecule has 6 nitrogen and oxygen atoms in total. The molecule has 4 rings (SSSR count). The number of fused-ring (bicyclic) bond motifs is 5. The summed E-state index contributed by atoms with van der Waals surface area (Å²) in [5, 5.41) is 3.25. The first-order valence-corrected chi connectivity index (χ1v) is 13.4. The number of nitrogens with one attached hydrogen (secondary N) is 1. The number of hydrogen-bond acceptors (Lipinski definition) is 4. The molecule has 1 aliphatic heterocycles. The molecule has 0 aromatic heterocycles. The second-order valence-corrected chi connectivity index (χ2v) is 14.1. The molecule has 192 valence electrons. The molecule has 0 spiro atoms. The fourth-order valence-electron chi connectivity index (χ4n) is 8.31. The number of ether oxygens (including phenoxy) is 1. The summed E-state index contributed by atoms with van der Waals surface area (Å²) >= 11 is 0. The lowest BCUT2D eigenvalue weighted by atomic mass is 9.47. The van der Waals surface area contributed by atoms with Crippen molar-refractivity contribution in [1.82, 2.24) is 10.2 Å². The molecule has 7 atom stereocenters. The number of hydrogen-bond donors (Lipinski definition) is 1. The Morgan fingerprint density at radius 3 is 2.18 bits per heavy atom. The number of amides is 3. The number of nitrogens with zero attached hydrogens (tertiary/aromatic N) is 1. The highest BCUT2D eigenvalue weighted by atomic mass is 16.6. The van der Waals surface area contributed by atoms with Crippen molar-refractivity contribution in [2.45, 2.75) is 124 Å². The predicted octanol–water partition coefficient (Wildman–Crippen LogP) is 5.69. The molecular formula is C28H46N2O4. The molecule has 1 saturated heterocycles. The van der Waals surface area contributed by atoms with E-state index in [9.17, 15) is 14.4 Å². The molecule has 6 heteroatoms. The van der Waals surface area contributed by atoms with Gasteiger partial charge in [0.2, 0.25) is 11.8 Å². The van der Waals surface area contributed by atoms with E-state index < -0.39 is 11.7 Å². The van der Waals surface area contributed by atoms with Crippen LogP contribution in [0.5, 0.6) is 0 Å². The third-order valence-electron chi connectivity index (χ3n) is 9.68. The van der Waals surface area contributed by atoms with Gasteiger partial charge in [-0.3, -0.25) is 9.59 Å². The molecule has 3 amide bonds. The van der Waals surface area contributed by atoms with Crippen molar-refractivity contribution in [3.8, 4) is 0 Å². The number of carbonyl (C=O) groups is 3. The Kier molecular flexibility index (Phi) is 6.17. The molecule has 0 aromatic rings. The molecule has 1 N–H and O–H groups in total. The summed E-state index contributed by atoms with van der Waals surface area (Å²) in [6, 6.07) is -0.0874. The molecule has 34 heavy (non-hydrogen) atoms. The highest BCUT2D eigenvalue weighted by molar-refractivity contribution is 5.93. The smallest absolute Gasteiger partial charge is 0.417 e. The van der Waals surface area contributed by atoms with Crippen LogP contribution in [0.3, 0.4) is 0 Å². The van der Waals surface area contributed by atoms with Crippen molar-refractivity contribution < 1.29 is 19.1 Å². The van der Waals surface area contributed by atoms with Gasteiger partial charge < -0.3 is 10.1 Å². The van der Waals surface area contributed by atoms with Gasteiger partial charge in [-0.25, -0.2) is 9.69 Å². The summed E-state index contributed by atoms with van der Waals surface area (Å²) < 4.78 is 5.66. The number of rotatable bonds is 1. The van der Waals surface area contributed by atoms with Crippen LogP contribution in [0.2, 0.25) is 0 Å². The normalized spacial score (nSPS) is 40.2. The zero-order chi connectivity index (χ0) is 25.3. The minimum atomic E-state index is -0.623. The molecule has 3 aliphatic carbocycles. The lowest BCUT2D eigenvalue weighted by molar-refractivity contribution is -0.160. The van der Waals surface area contributed by atoms with Crippen molar-refractivity contribution in [2.75, 3.05) is 0 Å². The maximum Gasteiger partial charge on any atom is 0.417 e. The first-order valence-electron chi connectivity index (χ1n) is 13.4. The molecule has 4 fully saturated rings. The Labute approximate surface area is 205 Å². The van der Waals surface area contributed by atoms with E-state index in [1.165, 1.54) is 4.90 Å². The van der Waals surface area contributed by atoms with Crippen LogP contribution in [-0.2, 0) is 14.3 Å². The number of piperidine rings is 1. The van der Waals surface area contributed by atoms with Gasteiger partial charge in [-0.15, -0.1) is 0 Å². The molecule has 4 aliphatic rings. The lowest BCUT2D eigenvalue weighted by Gasteiger charge is -2.61. The average Bonchev–Trinajstić information content (AvgIpc) is 3.03.